The third-order valence-electron chi connectivity index (χ3n) is 3.28. The number of nitrogens with zero attached hydrogens (tertiary/aromatic N) is 1. The van der Waals surface area contributed by atoms with Crippen LogP contribution < -0.4 is 10.4 Å². The molecule has 2 aliphatic carbocycles. The van der Waals surface area contributed by atoms with Gasteiger partial charge in [-0.05, 0) is 43.9 Å². The molecule has 0 atom stereocenters. The van der Waals surface area contributed by atoms with E-state index in [1.54, 1.807) is 24.3 Å². The normalized spacial score (nSPS) is 18.2. The van der Waals surface area contributed by atoms with Crippen molar-refractivity contribution in [2.24, 2.45) is 11.8 Å². The third kappa shape index (κ3) is 2.37. The summed E-state index contributed by atoms with van der Waals surface area (Å²) in [5, 5.41) is 1.41. The molecule has 2 saturated carbocycles. The lowest BCUT2D eigenvalue weighted by atomic mass is 10.3. The molecule has 0 unspecified atom stereocenters. The molecule has 2 aliphatic rings. The summed E-state index contributed by atoms with van der Waals surface area (Å²) in [6.45, 7) is 0. The predicted molar refractivity (Wildman–Crippen MR) is 66.4 cm³/mol. The number of anilines is 1. The van der Waals surface area contributed by atoms with Gasteiger partial charge in [0.1, 0.15) is 0 Å². The number of rotatable bonds is 3. The Morgan fingerprint density at radius 2 is 1.72 bits per heavy atom. The predicted octanol–water partition coefficient (Wildman–Crippen LogP) is 1.67. The van der Waals surface area contributed by atoms with Crippen molar-refractivity contribution in [1.29, 1.82) is 0 Å². The summed E-state index contributed by atoms with van der Waals surface area (Å²) in [6.07, 6.45) is 3.71. The number of carbonyl (C=O) groups excluding carboxylic acids is 2. The van der Waals surface area contributed by atoms with Crippen molar-refractivity contribution < 1.29 is 9.59 Å². The molecule has 2 fully saturated rings. The summed E-state index contributed by atoms with van der Waals surface area (Å²) in [5.74, 6) is 0.121. The maximum Gasteiger partial charge on any atom is 0.248 e. The highest BCUT2D eigenvalue weighted by Gasteiger charge is 2.37. The number of hydrogen-bond acceptors (Lipinski definition) is 2. The second-order valence-electron chi connectivity index (χ2n) is 4.96. The van der Waals surface area contributed by atoms with Crippen molar-refractivity contribution in [2.75, 3.05) is 5.01 Å². The quantitative estimate of drug-likeness (QED) is 0.821. The first-order valence-corrected chi connectivity index (χ1v) is 6.36. The molecule has 1 radical (unpaired) electrons. The summed E-state index contributed by atoms with van der Waals surface area (Å²) in [6, 6.07) is 9.96. The van der Waals surface area contributed by atoms with Crippen molar-refractivity contribution >= 4 is 17.5 Å². The average molecular weight is 243 g/mol. The van der Waals surface area contributed by atoms with Crippen LogP contribution in [0.15, 0.2) is 24.3 Å². The fourth-order valence-electron chi connectivity index (χ4n) is 1.83. The highest BCUT2D eigenvalue weighted by molar-refractivity contribution is 5.99. The van der Waals surface area contributed by atoms with Gasteiger partial charge >= 0.3 is 0 Å². The third-order valence-corrected chi connectivity index (χ3v) is 3.28. The Bertz CT molecular complexity index is 464. The lowest BCUT2D eigenvalue weighted by Gasteiger charge is -2.23. The second-order valence-corrected chi connectivity index (χ2v) is 4.96. The first kappa shape index (κ1) is 11.3. The molecule has 0 saturated heterocycles. The summed E-state index contributed by atoms with van der Waals surface area (Å²) in [4.78, 5) is 24.0. The highest BCUT2D eigenvalue weighted by atomic mass is 16.2. The monoisotopic (exact) mass is 243 g/mol. The first-order valence-electron chi connectivity index (χ1n) is 6.36. The van der Waals surface area contributed by atoms with Crippen LogP contribution in [0.2, 0.25) is 0 Å². The summed E-state index contributed by atoms with van der Waals surface area (Å²) in [5.41, 5.74) is 3.46. The number of benzene rings is 1. The summed E-state index contributed by atoms with van der Waals surface area (Å²) >= 11 is 0. The summed E-state index contributed by atoms with van der Waals surface area (Å²) < 4.78 is 0. The van der Waals surface area contributed by atoms with E-state index >= 15 is 0 Å². The number of nitrogens with one attached hydrogen (secondary N) is 1. The van der Waals surface area contributed by atoms with E-state index in [2.05, 4.69) is 11.5 Å². The molecule has 18 heavy (non-hydrogen) atoms. The van der Waals surface area contributed by atoms with Crippen LogP contribution in [0, 0.1) is 17.9 Å². The molecule has 0 spiro atoms. The van der Waals surface area contributed by atoms with E-state index in [1.807, 2.05) is 0 Å². The van der Waals surface area contributed by atoms with Crippen molar-refractivity contribution in [3.8, 4) is 0 Å². The first-order chi connectivity index (χ1) is 8.75. The molecule has 0 heterocycles. The van der Waals surface area contributed by atoms with Gasteiger partial charge in [-0.3, -0.25) is 15.0 Å². The van der Waals surface area contributed by atoms with Gasteiger partial charge in [-0.1, -0.05) is 12.1 Å². The van der Waals surface area contributed by atoms with Gasteiger partial charge in [0.2, 0.25) is 11.8 Å². The Labute approximate surface area is 106 Å². The maximum absolute atomic E-state index is 12.2. The van der Waals surface area contributed by atoms with Crippen molar-refractivity contribution in [3.63, 3.8) is 0 Å². The zero-order valence-corrected chi connectivity index (χ0v) is 10.1. The number of hydrazine groups is 1. The largest absolute Gasteiger partial charge is 0.273 e. The van der Waals surface area contributed by atoms with Gasteiger partial charge in [0.15, 0.2) is 0 Å². The van der Waals surface area contributed by atoms with Crippen molar-refractivity contribution in [2.45, 2.75) is 25.7 Å². The smallest absolute Gasteiger partial charge is 0.248 e. The molecule has 3 rings (SSSR count). The fraction of sp³-hybridized carbons (Fsp3) is 0.429. The SMILES string of the molecule is O=C(NN(C(=O)C1CC1)c1cc[c]cc1)C1CC1. The van der Waals surface area contributed by atoms with E-state index in [0.717, 1.165) is 25.7 Å². The number of carbonyl (C=O) groups is 2. The Morgan fingerprint density at radius 3 is 2.28 bits per heavy atom. The minimum atomic E-state index is -0.0446. The molecule has 4 nitrogen and oxygen atoms in total. The average Bonchev–Trinajstić information content (AvgIpc) is 3.28. The molecule has 4 heteroatoms. The van der Waals surface area contributed by atoms with Gasteiger partial charge < -0.3 is 0 Å². The minimum Gasteiger partial charge on any atom is -0.273 e. The van der Waals surface area contributed by atoms with Gasteiger partial charge in [0.25, 0.3) is 0 Å². The topological polar surface area (TPSA) is 49.4 Å². The Morgan fingerprint density at radius 1 is 1.11 bits per heavy atom. The van der Waals surface area contributed by atoms with Crippen LogP contribution in [0.3, 0.4) is 0 Å². The van der Waals surface area contributed by atoms with E-state index in [-0.39, 0.29) is 23.7 Å². The zero-order chi connectivity index (χ0) is 12.5. The highest BCUT2D eigenvalue weighted by Crippen LogP contribution is 2.33. The maximum atomic E-state index is 12.2. The number of amides is 2. The fourth-order valence-corrected chi connectivity index (χ4v) is 1.83. The van der Waals surface area contributed by atoms with Gasteiger partial charge in [0, 0.05) is 11.8 Å². The van der Waals surface area contributed by atoms with E-state index in [9.17, 15) is 9.59 Å². The van der Waals surface area contributed by atoms with Gasteiger partial charge in [0.05, 0.1) is 5.69 Å². The molecular formula is C14H15N2O2. The lowest BCUT2D eigenvalue weighted by Crippen LogP contribution is -2.47. The van der Waals surface area contributed by atoms with Crippen molar-refractivity contribution in [1.82, 2.24) is 5.43 Å². The number of hydrogen-bond donors (Lipinski definition) is 1. The van der Waals surface area contributed by atoms with E-state index in [4.69, 9.17) is 0 Å². The lowest BCUT2D eigenvalue weighted by molar-refractivity contribution is -0.127. The van der Waals surface area contributed by atoms with Crippen molar-refractivity contribution in [3.05, 3.63) is 30.3 Å². The zero-order valence-electron chi connectivity index (χ0n) is 10.1. The molecule has 0 aromatic heterocycles. The van der Waals surface area contributed by atoms with Gasteiger partial charge in [-0.2, -0.15) is 0 Å². The van der Waals surface area contributed by atoms with Crippen LogP contribution >= 0.6 is 0 Å². The molecule has 0 bridgehead atoms. The van der Waals surface area contributed by atoms with Crippen LogP contribution in [0.25, 0.3) is 0 Å². The minimum absolute atomic E-state index is 0.00444. The molecule has 2 amide bonds. The van der Waals surface area contributed by atoms with Gasteiger partial charge in [-0.15, -0.1) is 0 Å². The van der Waals surface area contributed by atoms with Crippen LogP contribution in [-0.4, -0.2) is 11.8 Å². The van der Waals surface area contributed by atoms with E-state index in [0.29, 0.717) is 5.69 Å². The Kier molecular flexibility index (Phi) is 2.78. The Hall–Kier alpha value is -1.84. The molecule has 1 aromatic carbocycles. The molecule has 1 aromatic rings. The second kappa shape index (κ2) is 4.44. The Balaban J connectivity index is 1.78. The molecule has 0 aliphatic heterocycles. The molecule has 1 N–H and O–H groups in total. The molecule has 93 valence electrons. The standard InChI is InChI=1S/C14H15N2O2/c17-13(10-6-7-10)15-16(14(18)11-8-9-11)12-4-2-1-3-5-12/h2-5,10-11H,6-9H2,(H,15,17). The van der Waals surface area contributed by atoms with Crippen LogP contribution in [0.1, 0.15) is 25.7 Å². The van der Waals surface area contributed by atoms with E-state index < -0.39 is 0 Å². The van der Waals surface area contributed by atoms with Crippen LogP contribution in [0.4, 0.5) is 5.69 Å². The van der Waals surface area contributed by atoms with E-state index in [1.165, 1.54) is 5.01 Å². The van der Waals surface area contributed by atoms with Crippen LogP contribution in [-0.2, 0) is 9.59 Å². The van der Waals surface area contributed by atoms with Crippen LogP contribution in [0.5, 0.6) is 0 Å². The molecular weight excluding hydrogens is 228 g/mol. The van der Waals surface area contributed by atoms with Gasteiger partial charge in [-0.25, -0.2) is 5.01 Å². The summed E-state index contributed by atoms with van der Waals surface area (Å²) in [7, 11) is 0.